The zero-order valence-corrected chi connectivity index (χ0v) is 15.2. The predicted molar refractivity (Wildman–Crippen MR) is 105 cm³/mol. The first-order chi connectivity index (χ1) is 12.3. The van der Waals surface area contributed by atoms with Gasteiger partial charge < -0.3 is 10.2 Å². The number of rotatable bonds is 6. The van der Waals surface area contributed by atoms with Gasteiger partial charge in [0, 0.05) is 51.0 Å². The summed E-state index contributed by atoms with van der Waals surface area (Å²) in [6.07, 6.45) is 2.70. The molecule has 4 rings (SSSR count). The lowest BCUT2D eigenvalue weighted by Crippen LogP contribution is -2.46. The Morgan fingerprint density at radius 3 is 2.40 bits per heavy atom. The molecule has 0 radical (unpaired) electrons. The van der Waals surface area contributed by atoms with Crippen LogP contribution in [0.1, 0.15) is 29.5 Å². The Balaban J connectivity index is 1.31. The Morgan fingerprint density at radius 2 is 1.72 bits per heavy atom. The van der Waals surface area contributed by atoms with Crippen LogP contribution < -0.4 is 10.2 Å². The monoisotopic (exact) mass is 335 g/mol. The minimum atomic E-state index is 0.775. The first-order valence-corrected chi connectivity index (χ1v) is 9.62. The first kappa shape index (κ1) is 16.6. The highest BCUT2D eigenvalue weighted by Crippen LogP contribution is 2.23. The molecule has 1 aliphatic heterocycles. The standard InChI is InChI=1S/C22H29N3/c1-18-15-22(10-7-20(18)16-23-21-8-9-21)25-13-11-24(12-14-25)17-19-5-3-2-4-6-19/h2-7,10,15,21,23H,8-9,11-14,16-17H2,1H3. The molecule has 2 fully saturated rings. The van der Waals surface area contributed by atoms with E-state index < -0.39 is 0 Å². The normalized spacial score (nSPS) is 18.5. The van der Waals surface area contributed by atoms with Crippen LogP contribution in [0.2, 0.25) is 0 Å². The molecule has 3 nitrogen and oxygen atoms in total. The Hall–Kier alpha value is -1.84. The van der Waals surface area contributed by atoms with Crippen molar-refractivity contribution in [2.45, 2.75) is 38.9 Å². The summed E-state index contributed by atoms with van der Waals surface area (Å²) in [5, 5.41) is 3.62. The average Bonchev–Trinajstić information content (AvgIpc) is 3.47. The van der Waals surface area contributed by atoms with Crippen molar-refractivity contribution < 1.29 is 0 Å². The predicted octanol–water partition coefficient (Wildman–Crippen LogP) is 3.57. The summed E-state index contributed by atoms with van der Waals surface area (Å²) in [6.45, 7) is 8.84. The van der Waals surface area contributed by atoms with Gasteiger partial charge in [0.05, 0.1) is 0 Å². The third-order valence-corrected chi connectivity index (χ3v) is 5.47. The van der Waals surface area contributed by atoms with Gasteiger partial charge >= 0.3 is 0 Å². The number of anilines is 1. The fourth-order valence-corrected chi connectivity index (χ4v) is 3.62. The molecule has 1 N–H and O–H groups in total. The Morgan fingerprint density at radius 1 is 0.960 bits per heavy atom. The number of hydrogen-bond acceptors (Lipinski definition) is 3. The van der Waals surface area contributed by atoms with Gasteiger partial charge in [-0.05, 0) is 48.6 Å². The van der Waals surface area contributed by atoms with Gasteiger partial charge in [-0.15, -0.1) is 0 Å². The minimum Gasteiger partial charge on any atom is -0.369 e. The lowest BCUT2D eigenvalue weighted by Gasteiger charge is -2.36. The Bertz CT molecular complexity index is 686. The van der Waals surface area contributed by atoms with Crippen LogP contribution in [-0.2, 0) is 13.1 Å². The summed E-state index contributed by atoms with van der Waals surface area (Å²) in [4.78, 5) is 5.10. The van der Waals surface area contributed by atoms with Crippen LogP contribution in [0.15, 0.2) is 48.5 Å². The molecule has 3 heteroatoms. The molecule has 0 atom stereocenters. The van der Waals surface area contributed by atoms with Crippen molar-refractivity contribution in [2.24, 2.45) is 0 Å². The van der Waals surface area contributed by atoms with Crippen molar-refractivity contribution in [1.29, 1.82) is 0 Å². The summed E-state index contributed by atoms with van der Waals surface area (Å²) in [7, 11) is 0. The quantitative estimate of drug-likeness (QED) is 0.871. The fraction of sp³-hybridized carbons (Fsp3) is 0.455. The van der Waals surface area contributed by atoms with E-state index in [9.17, 15) is 0 Å². The van der Waals surface area contributed by atoms with Crippen LogP contribution in [0.25, 0.3) is 0 Å². The van der Waals surface area contributed by atoms with Crippen molar-refractivity contribution in [2.75, 3.05) is 31.1 Å². The van der Waals surface area contributed by atoms with Crippen molar-refractivity contribution in [1.82, 2.24) is 10.2 Å². The Kier molecular flexibility index (Phi) is 5.04. The third-order valence-electron chi connectivity index (χ3n) is 5.47. The van der Waals surface area contributed by atoms with Gasteiger partial charge in [0.1, 0.15) is 0 Å². The maximum absolute atomic E-state index is 3.62. The third kappa shape index (κ3) is 4.42. The van der Waals surface area contributed by atoms with E-state index in [1.165, 1.54) is 35.2 Å². The highest BCUT2D eigenvalue weighted by Gasteiger charge is 2.21. The van der Waals surface area contributed by atoms with Gasteiger partial charge in [-0.2, -0.15) is 0 Å². The molecule has 0 amide bonds. The molecule has 25 heavy (non-hydrogen) atoms. The second-order valence-corrected chi connectivity index (χ2v) is 7.51. The molecule has 1 saturated carbocycles. The van der Waals surface area contributed by atoms with E-state index in [-0.39, 0.29) is 0 Å². The van der Waals surface area contributed by atoms with Gasteiger partial charge in [-0.3, -0.25) is 4.90 Å². The van der Waals surface area contributed by atoms with Crippen molar-refractivity contribution in [3.63, 3.8) is 0 Å². The van der Waals surface area contributed by atoms with E-state index in [4.69, 9.17) is 0 Å². The van der Waals surface area contributed by atoms with E-state index in [2.05, 4.69) is 70.6 Å². The second kappa shape index (κ2) is 7.59. The molecule has 2 aliphatic rings. The molecule has 0 spiro atoms. The first-order valence-electron chi connectivity index (χ1n) is 9.62. The van der Waals surface area contributed by atoms with E-state index in [1.54, 1.807) is 0 Å². The number of nitrogens with one attached hydrogen (secondary N) is 1. The van der Waals surface area contributed by atoms with Gasteiger partial charge in [0.2, 0.25) is 0 Å². The van der Waals surface area contributed by atoms with Gasteiger partial charge in [-0.25, -0.2) is 0 Å². The van der Waals surface area contributed by atoms with E-state index in [0.717, 1.165) is 45.3 Å². The molecule has 1 saturated heterocycles. The smallest absolute Gasteiger partial charge is 0.0369 e. The highest BCUT2D eigenvalue weighted by atomic mass is 15.3. The van der Waals surface area contributed by atoms with Gasteiger partial charge in [-0.1, -0.05) is 36.4 Å². The van der Waals surface area contributed by atoms with Crippen LogP contribution in [0.4, 0.5) is 5.69 Å². The molecule has 2 aromatic carbocycles. The summed E-state index contributed by atoms with van der Waals surface area (Å²) in [6, 6.07) is 18.6. The van der Waals surface area contributed by atoms with Crippen LogP contribution in [0, 0.1) is 6.92 Å². The fourth-order valence-electron chi connectivity index (χ4n) is 3.62. The van der Waals surface area contributed by atoms with Crippen molar-refractivity contribution >= 4 is 5.69 Å². The molecule has 0 bridgehead atoms. The van der Waals surface area contributed by atoms with Crippen LogP contribution in [0.5, 0.6) is 0 Å². The largest absolute Gasteiger partial charge is 0.369 e. The number of hydrogen-bond donors (Lipinski definition) is 1. The maximum Gasteiger partial charge on any atom is 0.0369 e. The summed E-state index contributed by atoms with van der Waals surface area (Å²) in [5.41, 5.74) is 5.65. The average molecular weight is 335 g/mol. The molecular weight excluding hydrogens is 306 g/mol. The van der Waals surface area contributed by atoms with Crippen LogP contribution in [-0.4, -0.2) is 37.1 Å². The maximum atomic E-state index is 3.62. The zero-order valence-electron chi connectivity index (χ0n) is 15.2. The SMILES string of the molecule is Cc1cc(N2CCN(Cc3ccccc3)CC2)ccc1CNC1CC1. The summed E-state index contributed by atoms with van der Waals surface area (Å²) >= 11 is 0. The molecule has 2 aromatic rings. The van der Waals surface area contributed by atoms with Crippen LogP contribution >= 0.6 is 0 Å². The number of benzene rings is 2. The lowest BCUT2D eigenvalue weighted by molar-refractivity contribution is 0.250. The van der Waals surface area contributed by atoms with E-state index >= 15 is 0 Å². The number of aryl methyl sites for hydroxylation is 1. The second-order valence-electron chi connectivity index (χ2n) is 7.51. The topological polar surface area (TPSA) is 18.5 Å². The van der Waals surface area contributed by atoms with Gasteiger partial charge in [0.25, 0.3) is 0 Å². The molecule has 1 aliphatic carbocycles. The van der Waals surface area contributed by atoms with Crippen molar-refractivity contribution in [3.05, 3.63) is 65.2 Å². The summed E-state index contributed by atoms with van der Waals surface area (Å²) in [5.74, 6) is 0. The van der Waals surface area contributed by atoms with Crippen LogP contribution in [0.3, 0.4) is 0 Å². The van der Waals surface area contributed by atoms with Crippen molar-refractivity contribution in [3.8, 4) is 0 Å². The minimum absolute atomic E-state index is 0.775. The van der Waals surface area contributed by atoms with E-state index in [1.807, 2.05) is 0 Å². The lowest BCUT2D eigenvalue weighted by atomic mass is 10.1. The number of piperazine rings is 1. The summed E-state index contributed by atoms with van der Waals surface area (Å²) < 4.78 is 0. The zero-order chi connectivity index (χ0) is 17.1. The molecule has 1 heterocycles. The number of nitrogens with zero attached hydrogens (tertiary/aromatic N) is 2. The highest BCUT2D eigenvalue weighted by molar-refractivity contribution is 5.51. The van der Waals surface area contributed by atoms with E-state index in [0.29, 0.717) is 0 Å². The molecule has 0 aromatic heterocycles. The molecule has 132 valence electrons. The molecule has 0 unspecified atom stereocenters. The van der Waals surface area contributed by atoms with Gasteiger partial charge in [0.15, 0.2) is 0 Å². The molecular formula is C22H29N3. The Labute approximate surface area is 151 Å².